The topological polar surface area (TPSA) is 142 Å². The van der Waals surface area contributed by atoms with Gasteiger partial charge in [-0.3, -0.25) is 25.0 Å². The van der Waals surface area contributed by atoms with Gasteiger partial charge in [0.05, 0.1) is 21.5 Å². The summed E-state index contributed by atoms with van der Waals surface area (Å²) >= 11 is 0. The Bertz CT molecular complexity index is 1030. The quantitative estimate of drug-likeness (QED) is 0.132. The predicted octanol–water partition coefficient (Wildman–Crippen LogP) is 4.85. The van der Waals surface area contributed by atoms with Crippen molar-refractivity contribution in [3.8, 4) is 11.1 Å². The van der Waals surface area contributed by atoms with Crippen LogP contribution in [0.25, 0.3) is 11.1 Å². The van der Waals surface area contributed by atoms with Crippen LogP contribution >= 0.6 is 0 Å². The zero-order valence-electron chi connectivity index (χ0n) is 17.1. The second-order valence-corrected chi connectivity index (χ2v) is 6.70. The highest BCUT2D eigenvalue weighted by Gasteiger charge is 2.21. The third-order valence-corrected chi connectivity index (χ3v) is 4.41. The Hall–Kier alpha value is -3.95. The number of unbranched alkanes of at least 4 members (excludes halogenated alkanes) is 2. The Kier molecular flexibility index (Phi) is 8.07. The molecule has 162 valence electrons. The zero-order chi connectivity index (χ0) is 23.0. The second-order valence-electron chi connectivity index (χ2n) is 6.70. The van der Waals surface area contributed by atoms with Gasteiger partial charge in [0, 0.05) is 18.6 Å². The molecule has 0 atom stereocenters. The Balaban J connectivity index is 2.34. The molecule has 0 aliphatic rings. The standard InChI is InChI=1S/C21H21N3O7/c1-3-4-5-6-19(22-31-14(2)25)21(26)16-9-7-15(8-10-16)18-12-11-17(23(27)28)13-20(18)24(29)30/h7-13H,3-6H2,1-2H3/b22-19-. The van der Waals surface area contributed by atoms with Crippen molar-refractivity contribution in [2.45, 2.75) is 39.5 Å². The van der Waals surface area contributed by atoms with Crippen LogP contribution in [0.1, 0.15) is 49.9 Å². The van der Waals surface area contributed by atoms with Crippen molar-refractivity contribution in [1.29, 1.82) is 0 Å². The summed E-state index contributed by atoms with van der Waals surface area (Å²) in [6.07, 6.45) is 2.87. The van der Waals surface area contributed by atoms with Crippen molar-refractivity contribution in [3.05, 3.63) is 68.3 Å². The minimum Gasteiger partial charge on any atom is -0.318 e. The number of benzene rings is 2. The van der Waals surface area contributed by atoms with Gasteiger partial charge >= 0.3 is 5.97 Å². The highest BCUT2D eigenvalue weighted by Crippen LogP contribution is 2.33. The average Bonchev–Trinajstić information content (AvgIpc) is 2.75. The molecule has 0 unspecified atom stereocenters. The summed E-state index contributed by atoms with van der Waals surface area (Å²) in [5.74, 6) is -1.05. The first kappa shape index (κ1) is 23.3. The molecule has 0 N–H and O–H groups in total. The van der Waals surface area contributed by atoms with Gasteiger partial charge in [0.1, 0.15) is 5.71 Å². The van der Waals surface area contributed by atoms with E-state index in [1.807, 2.05) is 6.92 Å². The average molecular weight is 427 g/mol. The molecule has 0 fully saturated rings. The Morgan fingerprint density at radius 2 is 1.68 bits per heavy atom. The van der Waals surface area contributed by atoms with Crippen molar-refractivity contribution in [2.75, 3.05) is 0 Å². The molecule has 0 radical (unpaired) electrons. The van der Waals surface area contributed by atoms with Crippen LogP contribution in [0.5, 0.6) is 0 Å². The second kappa shape index (κ2) is 10.7. The van der Waals surface area contributed by atoms with E-state index in [0.29, 0.717) is 18.4 Å². The zero-order valence-corrected chi connectivity index (χ0v) is 17.1. The summed E-state index contributed by atoms with van der Waals surface area (Å²) in [6.45, 7) is 3.20. The number of hydrogen-bond acceptors (Lipinski definition) is 8. The molecule has 0 bridgehead atoms. The van der Waals surface area contributed by atoms with Crippen LogP contribution in [0.15, 0.2) is 47.6 Å². The largest absolute Gasteiger partial charge is 0.331 e. The molecule has 0 aliphatic carbocycles. The predicted molar refractivity (Wildman–Crippen MR) is 113 cm³/mol. The molecule has 10 nitrogen and oxygen atoms in total. The summed E-state index contributed by atoms with van der Waals surface area (Å²) in [7, 11) is 0. The van der Waals surface area contributed by atoms with Crippen LogP contribution in [-0.4, -0.2) is 27.3 Å². The molecule has 0 spiro atoms. The van der Waals surface area contributed by atoms with E-state index in [-0.39, 0.29) is 22.5 Å². The van der Waals surface area contributed by atoms with Crippen molar-refractivity contribution < 1.29 is 24.3 Å². The Labute approximate surface area is 177 Å². The monoisotopic (exact) mass is 427 g/mol. The lowest BCUT2D eigenvalue weighted by Crippen LogP contribution is -2.16. The summed E-state index contributed by atoms with van der Waals surface area (Å²) in [6, 6.07) is 9.35. The van der Waals surface area contributed by atoms with Gasteiger partial charge < -0.3 is 4.84 Å². The van der Waals surface area contributed by atoms with Gasteiger partial charge in [-0.15, -0.1) is 0 Å². The molecule has 2 rings (SSSR count). The van der Waals surface area contributed by atoms with Crippen LogP contribution in [0.2, 0.25) is 0 Å². The Morgan fingerprint density at radius 1 is 1.00 bits per heavy atom. The summed E-state index contributed by atoms with van der Waals surface area (Å²) in [5.41, 5.74) is 0.188. The molecule has 10 heteroatoms. The van der Waals surface area contributed by atoms with Gasteiger partial charge in [-0.05, 0) is 24.5 Å². The van der Waals surface area contributed by atoms with E-state index in [4.69, 9.17) is 0 Å². The number of hydrogen-bond donors (Lipinski definition) is 0. The number of carbonyl (C=O) groups is 2. The van der Waals surface area contributed by atoms with Gasteiger partial charge in [-0.25, -0.2) is 4.79 Å². The fraction of sp³-hybridized carbons (Fsp3) is 0.286. The van der Waals surface area contributed by atoms with Gasteiger partial charge in [-0.2, -0.15) is 0 Å². The fourth-order valence-corrected chi connectivity index (χ4v) is 2.86. The van der Waals surface area contributed by atoms with E-state index in [0.717, 1.165) is 18.9 Å². The molecule has 0 amide bonds. The highest BCUT2D eigenvalue weighted by molar-refractivity contribution is 6.45. The smallest absolute Gasteiger partial charge is 0.318 e. The molecular formula is C21H21N3O7. The van der Waals surface area contributed by atoms with Crippen LogP contribution < -0.4 is 0 Å². The van der Waals surface area contributed by atoms with Crippen molar-refractivity contribution >= 4 is 28.8 Å². The van der Waals surface area contributed by atoms with Gasteiger partial charge in [0.25, 0.3) is 11.4 Å². The van der Waals surface area contributed by atoms with E-state index in [1.165, 1.54) is 43.3 Å². The van der Waals surface area contributed by atoms with Crippen molar-refractivity contribution in [3.63, 3.8) is 0 Å². The number of nitro benzene ring substituents is 2. The van der Waals surface area contributed by atoms with Gasteiger partial charge in [0.15, 0.2) is 0 Å². The first-order valence-electron chi connectivity index (χ1n) is 9.57. The summed E-state index contributed by atoms with van der Waals surface area (Å²) in [4.78, 5) is 49.3. The normalized spacial score (nSPS) is 11.1. The Morgan fingerprint density at radius 3 is 2.23 bits per heavy atom. The molecular weight excluding hydrogens is 406 g/mol. The van der Waals surface area contributed by atoms with E-state index in [1.54, 1.807) is 0 Å². The number of nitro groups is 2. The number of rotatable bonds is 10. The van der Waals surface area contributed by atoms with E-state index in [9.17, 15) is 29.8 Å². The highest BCUT2D eigenvalue weighted by atomic mass is 16.7. The molecule has 0 aromatic heterocycles. The number of ketones is 1. The van der Waals surface area contributed by atoms with Gasteiger partial charge in [0.2, 0.25) is 5.78 Å². The summed E-state index contributed by atoms with van der Waals surface area (Å²) in [5, 5.41) is 25.9. The maximum absolute atomic E-state index is 12.8. The van der Waals surface area contributed by atoms with Crippen LogP contribution in [0, 0.1) is 20.2 Å². The number of oxime groups is 1. The van der Waals surface area contributed by atoms with E-state index < -0.39 is 27.3 Å². The molecule has 0 aliphatic heterocycles. The van der Waals surface area contributed by atoms with Crippen LogP contribution in [0.3, 0.4) is 0 Å². The lowest BCUT2D eigenvalue weighted by atomic mass is 9.98. The van der Waals surface area contributed by atoms with Crippen molar-refractivity contribution in [1.82, 2.24) is 0 Å². The minimum absolute atomic E-state index is 0.109. The van der Waals surface area contributed by atoms with Crippen LogP contribution in [-0.2, 0) is 9.63 Å². The number of non-ortho nitro benzene ring substituents is 1. The number of Topliss-reactive ketones (excluding diaryl/α,β-unsaturated/α-hetero) is 1. The number of nitrogens with zero attached hydrogens (tertiary/aromatic N) is 3. The van der Waals surface area contributed by atoms with E-state index >= 15 is 0 Å². The molecule has 0 saturated carbocycles. The first-order valence-corrected chi connectivity index (χ1v) is 9.57. The van der Waals surface area contributed by atoms with Crippen LogP contribution in [0.4, 0.5) is 11.4 Å². The fourth-order valence-electron chi connectivity index (χ4n) is 2.86. The third kappa shape index (κ3) is 6.26. The first-order chi connectivity index (χ1) is 14.7. The molecule has 31 heavy (non-hydrogen) atoms. The lowest BCUT2D eigenvalue weighted by molar-refractivity contribution is -0.393. The van der Waals surface area contributed by atoms with Gasteiger partial charge in [-0.1, -0.05) is 49.2 Å². The number of carbonyl (C=O) groups excluding carboxylic acids is 2. The van der Waals surface area contributed by atoms with E-state index in [2.05, 4.69) is 9.99 Å². The lowest BCUT2D eigenvalue weighted by Gasteiger charge is -2.07. The molecule has 2 aromatic rings. The maximum atomic E-state index is 12.8. The molecule has 0 saturated heterocycles. The third-order valence-electron chi connectivity index (χ3n) is 4.41. The van der Waals surface area contributed by atoms with Crippen molar-refractivity contribution in [2.24, 2.45) is 5.16 Å². The maximum Gasteiger partial charge on any atom is 0.331 e. The summed E-state index contributed by atoms with van der Waals surface area (Å²) < 4.78 is 0. The SMILES string of the molecule is CCCCC/C(=N/OC(C)=O)C(=O)c1ccc(-c2ccc([N+](=O)[O-])cc2[N+](=O)[O-])cc1. The minimum atomic E-state index is -0.707. The molecule has 0 heterocycles. The molecule has 2 aromatic carbocycles.